The number of H-pyrrole nitrogens is 1. The molecule has 2 fully saturated rings. The number of carbonyl (C=O) groups excluding carboxylic acids is 1. The molecule has 0 bridgehead atoms. The molecule has 40 heavy (non-hydrogen) atoms. The minimum Gasteiger partial charge on any atom is -0.489 e. The highest BCUT2D eigenvalue weighted by Crippen LogP contribution is 2.38. The number of likely N-dealkylation sites (tertiary alicyclic amines) is 1. The predicted molar refractivity (Wildman–Crippen MR) is 153 cm³/mol. The van der Waals surface area contributed by atoms with Gasteiger partial charge in [-0.15, -0.1) is 0 Å². The van der Waals surface area contributed by atoms with Gasteiger partial charge in [-0.3, -0.25) is 9.59 Å². The Morgan fingerprint density at radius 1 is 1.10 bits per heavy atom. The average molecular weight is 610 g/mol. The number of sulfonamides is 1. The smallest absolute Gasteiger partial charge is 0.255 e. The van der Waals surface area contributed by atoms with Crippen LogP contribution in [-0.4, -0.2) is 73.7 Å². The van der Waals surface area contributed by atoms with Crippen molar-refractivity contribution < 1.29 is 23.1 Å². The second-order valence-electron chi connectivity index (χ2n) is 10.1. The summed E-state index contributed by atoms with van der Waals surface area (Å²) in [5, 5.41) is 14.3. The number of rotatable bonds is 10. The van der Waals surface area contributed by atoms with Crippen molar-refractivity contribution in [1.29, 1.82) is 0 Å². The Labute approximate surface area is 241 Å². The minimum atomic E-state index is -3.89. The zero-order valence-electron chi connectivity index (χ0n) is 21.5. The number of aromatic nitrogens is 1. The van der Waals surface area contributed by atoms with Crippen molar-refractivity contribution in [3.05, 3.63) is 68.6 Å². The maximum Gasteiger partial charge on any atom is 0.255 e. The van der Waals surface area contributed by atoms with E-state index < -0.39 is 16.1 Å². The molecule has 0 radical (unpaired) electrons. The summed E-state index contributed by atoms with van der Waals surface area (Å²) in [6.07, 6.45) is 3.11. The fourth-order valence-electron chi connectivity index (χ4n) is 4.79. The number of hydrogen-bond acceptors (Lipinski definition) is 7. The van der Waals surface area contributed by atoms with Gasteiger partial charge in [0.2, 0.25) is 10.0 Å². The molecular weight excluding hydrogens is 579 g/mol. The van der Waals surface area contributed by atoms with E-state index in [4.69, 9.17) is 27.9 Å². The molecule has 13 heteroatoms. The van der Waals surface area contributed by atoms with Gasteiger partial charge in [0.15, 0.2) is 0 Å². The van der Waals surface area contributed by atoms with Crippen molar-refractivity contribution >= 4 is 49.9 Å². The van der Waals surface area contributed by atoms with Gasteiger partial charge >= 0.3 is 0 Å². The number of aliphatic hydroxyl groups is 1. The van der Waals surface area contributed by atoms with Crippen LogP contribution in [0.4, 0.5) is 0 Å². The Morgan fingerprint density at radius 2 is 1.80 bits per heavy atom. The van der Waals surface area contributed by atoms with Crippen molar-refractivity contribution in [1.82, 2.24) is 19.9 Å². The van der Waals surface area contributed by atoms with Crippen molar-refractivity contribution in [2.75, 3.05) is 26.2 Å². The molecule has 5 rings (SSSR count). The van der Waals surface area contributed by atoms with Crippen LogP contribution in [0.3, 0.4) is 0 Å². The fourth-order valence-corrected chi connectivity index (χ4v) is 6.99. The van der Waals surface area contributed by atoms with E-state index in [1.54, 1.807) is 24.3 Å². The third kappa shape index (κ3) is 6.62. The number of pyridine rings is 1. The van der Waals surface area contributed by atoms with E-state index in [0.717, 1.165) is 12.8 Å². The van der Waals surface area contributed by atoms with Crippen LogP contribution < -0.4 is 20.3 Å². The zero-order chi connectivity index (χ0) is 28.4. The predicted octanol–water partition coefficient (Wildman–Crippen LogP) is 2.91. The highest BCUT2D eigenvalue weighted by Gasteiger charge is 2.33. The van der Waals surface area contributed by atoms with E-state index in [-0.39, 0.29) is 50.8 Å². The number of fused-ring (bicyclic) bond motifs is 1. The Morgan fingerprint density at radius 3 is 2.50 bits per heavy atom. The number of nitrogens with one attached hydrogen (secondary N) is 3. The quantitative estimate of drug-likeness (QED) is 0.277. The number of aromatic amines is 1. The van der Waals surface area contributed by atoms with Crippen LogP contribution in [0.2, 0.25) is 10.0 Å². The van der Waals surface area contributed by atoms with Gasteiger partial charge in [0, 0.05) is 49.2 Å². The normalized spacial score (nSPS) is 17.6. The number of ether oxygens (including phenoxy) is 1. The highest BCUT2D eigenvalue weighted by atomic mass is 35.5. The monoisotopic (exact) mass is 608 g/mol. The maximum absolute atomic E-state index is 13.0. The van der Waals surface area contributed by atoms with Gasteiger partial charge in [-0.1, -0.05) is 41.4 Å². The first-order valence-corrected chi connectivity index (χ1v) is 15.3. The molecule has 0 spiro atoms. The second kappa shape index (κ2) is 12.1. The van der Waals surface area contributed by atoms with Crippen LogP contribution >= 0.6 is 23.2 Å². The lowest BCUT2D eigenvalue weighted by atomic mass is 10.1. The summed E-state index contributed by atoms with van der Waals surface area (Å²) >= 11 is 12.4. The summed E-state index contributed by atoms with van der Waals surface area (Å²) in [7, 11) is -3.89. The lowest BCUT2D eigenvalue weighted by Gasteiger charge is -2.33. The van der Waals surface area contributed by atoms with Gasteiger partial charge in [0.05, 0.1) is 21.7 Å². The summed E-state index contributed by atoms with van der Waals surface area (Å²) in [5.41, 5.74) is 0.0582. The Kier molecular flexibility index (Phi) is 8.69. The van der Waals surface area contributed by atoms with Crippen molar-refractivity contribution in [3.8, 4) is 5.75 Å². The van der Waals surface area contributed by atoms with Crippen LogP contribution in [-0.2, 0) is 10.0 Å². The molecule has 2 aliphatic rings. The van der Waals surface area contributed by atoms with E-state index in [1.807, 2.05) is 0 Å². The number of benzene rings is 2. The van der Waals surface area contributed by atoms with E-state index >= 15 is 0 Å². The van der Waals surface area contributed by atoms with Crippen molar-refractivity contribution in [3.63, 3.8) is 0 Å². The fraction of sp³-hybridized carbons (Fsp3) is 0.407. The number of carbonyl (C=O) groups is 1. The SMILES string of the molecule is O=C(NCC(O)CN1CCC(Oc2ccc(Cl)c(Cl)c2S(=O)(=O)NC2CC2)CC1)c1c[nH]c(=O)c2ccccc12. The van der Waals surface area contributed by atoms with Gasteiger partial charge in [-0.25, -0.2) is 13.1 Å². The van der Waals surface area contributed by atoms with E-state index in [2.05, 4.69) is 19.9 Å². The first kappa shape index (κ1) is 28.8. The van der Waals surface area contributed by atoms with Gasteiger partial charge < -0.3 is 25.0 Å². The average Bonchev–Trinajstić information content (AvgIpc) is 3.74. The maximum atomic E-state index is 13.0. The first-order chi connectivity index (χ1) is 19.1. The number of piperidine rings is 1. The molecule has 1 saturated carbocycles. The van der Waals surface area contributed by atoms with Gasteiger partial charge in [-0.2, -0.15) is 0 Å². The van der Waals surface area contributed by atoms with Crippen molar-refractivity contribution in [2.45, 2.75) is 48.8 Å². The molecule has 1 unspecified atom stereocenters. The summed E-state index contributed by atoms with van der Waals surface area (Å²) in [4.78, 5) is 29.3. The van der Waals surface area contributed by atoms with Crippen LogP contribution in [0, 0.1) is 0 Å². The molecule has 1 amide bonds. The Bertz CT molecular complexity index is 1570. The van der Waals surface area contributed by atoms with Gasteiger partial charge in [0.1, 0.15) is 16.7 Å². The molecule has 1 atom stereocenters. The third-order valence-electron chi connectivity index (χ3n) is 7.03. The molecule has 1 aliphatic carbocycles. The lowest BCUT2D eigenvalue weighted by molar-refractivity contribution is 0.0584. The molecule has 1 aliphatic heterocycles. The molecule has 1 aromatic heterocycles. The standard InChI is InChI=1S/C27H30Cl2N4O6S/c28-22-7-8-23(25(24(22)29)40(37,38)32-16-5-6-16)39-18-9-11-33(12-10-18)15-17(34)13-30-27(36)21-14-31-26(35)20-4-2-1-3-19(20)21/h1-4,7-8,14,16-18,32,34H,5-6,9-13,15H2,(H,30,36)(H,31,35). The Balaban J connectivity index is 1.14. The van der Waals surface area contributed by atoms with Crippen LogP contribution in [0.1, 0.15) is 36.0 Å². The first-order valence-electron chi connectivity index (χ1n) is 13.1. The van der Waals surface area contributed by atoms with Crippen LogP contribution in [0.15, 0.2) is 52.3 Å². The molecular formula is C27H30Cl2N4O6S. The number of amides is 1. The number of nitrogens with zero attached hydrogens (tertiary/aromatic N) is 1. The van der Waals surface area contributed by atoms with E-state index in [9.17, 15) is 23.1 Å². The van der Waals surface area contributed by atoms with E-state index in [1.165, 1.54) is 18.3 Å². The molecule has 2 heterocycles. The number of β-amino-alcohol motifs (C(OH)–C–C–N with tert-alkyl or cyclic N) is 1. The summed E-state index contributed by atoms with van der Waals surface area (Å²) in [5.74, 6) is -0.222. The Hall–Kier alpha value is -2.67. The third-order valence-corrected chi connectivity index (χ3v) is 9.53. The second-order valence-corrected chi connectivity index (χ2v) is 12.6. The minimum absolute atomic E-state index is 0.0429. The molecule has 3 aromatic rings. The number of hydrogen-bond donors (Lipinski definition) is 4. The number of halogens is 2. The summed E-state index contributed by atoms with van der Waals surface area (Å²) in [6, 6.07) is 9.80. The van der Waals surface area contributed by atoms with Crippen LogP contribution in [0.5, 0.6) is 5.75 Å². The zero-order valence-corrected chi connectivity index (χ0v) is 23.9. The molecule has 10 nitrogen and oxygen atoms in total. The largest absolute Gasteiger partial charge is 0.489 e. The molecule has 214 valence electrons. The lowest BCUT2D eigenvalue weighted by Crippen LogP contribution is -2.45. The highest BCUT2D eigenvalue weighted by molar-refractivity contribution is 7.89. The molecule has 4 N–H and O–H groups in total. The molecule has 2 aromatic carbocycles. The van der Waals surface area contributed by atoms with E-state index in [0.29, 0.717) is 48.8 Å². The van der Waals surface area contributed by atoms with Gasteiger partial charge in [0.25, 0.3) is 11.5 Å². The van der Waals surface area contributed by atoms with Crippen LogP contribution in [0.25, 0.3) is 10.8 Å². The molecule has 1 saturated heterocycles. The van der Waals surface area contributed by atoms with Gasteiger partial charge in [-0.05, 0) is 43.9 Å². The number of aliphatic hydroxyl groups excluding tert-OH is 1. The summed E-state index contributed by atoms with van der Waals surface area (Å²) in [6.45, 7) is 1.62. The van der Waals surface area contributed by atoms with Crippen molar-refractivity contribution in [2.24, 2.45) is 0 Å². The topological polar surface area (TPSA) is 141 Å². The summed E-state index contributed by atoms with van der Waals surface area (Å²) < 4.78 is 34.6.